The van der Waals surface area contributed by atoms with E-state index in [0.717, 1.165) is 14.0 Å². The number of esters is 1. The fourth-order valence-electron chi connectivity index (χ4n) is 2.72. The van der Waals surface area contributed by atoms with E-state index in [-0.39, 0.29) is 19.5 Å². The molecule has 27 heavy (non-hydrogen) atoms. The number of hydrogen-bond donors (Lipinski definition) is 0. The molecule has 0 saturated carbocycles. The number of amides is 1. The standard InChI is InChI=1S/C15H24F3NO7S/c1-9(26-27(22,23)15(16,17)18)11-8-19(13(21)25-14(2,3)4)7-6-10(11)12(20)24-5/h9-11H,6-8H2,1-5H3. The number of carbonyl (C=O) groups is 2. The van der Waals surface area contributed by atoms with Gasteiger partial charge in [0.1, 0.15) is 5.60 Å². The van der Waals surface area contributed by atoms with Crippen molar-refractivity contribution in [1.82, 2.24) is 4.90 Å². The average Bonchev–Trinajstić information content (AvgIpc) is 2.50. The van der Waals surface area contributed by atoms with Crippen molar-refractivity contribution in [2.24, 2.45) is 11.8 Å². The molecule has 1 rings (SSSR count). The molecule has 1 aliphatic rings. The van der Waals surface area contributed by atoms with Crippen LogP contribution in [0.1, 0.15) is 34.1 Å². The van der Waals surface area contributed by atoms with Crippen LogP contribution in [0.4, 0.5) is 18.0 Å². The second kappa shape index (κ2) is 8.21. The first-order valence-electron chi connectivity index (χ1n) is 8.14. The zero-order chi connectivity index (χ0) is 21.2. The summed E-state index contributed by atoms with van der Waals surface area (Å²) >= 11 is 0. The minimum absolute atomic E-state index is 0.0658. The minimum Gasteiger partial charge on any atom is -0.469 e. The third kappa shape index (κ3) is 6.23. The van der Waals surface area contributed by atoms with Gasteiger partial charge in [-0.2, -0.15) is 21.6 Å². The maximum atomic E-state index is 12.6. The van der Waals surface area contributed by atoms with Gasteiger partial charge < -0.3 is 14.4 Å². The first-order valence-corrected chi connectivity index (χ1v) is 9.55. The Hall–Kier alpha value is -1.56. The molecule has 0 aromatic rings. The molecular weight excluding hydrogens is 395 g/mol. The number of carbonyl (C=O) groups excluding carboxylic acids is 2. The Kier molecular flexibility index (Phi) is 7.14. The van der Waals surface area contributed by atoms with Gasteiger partial charge in [0.25, 0.3) is 0 Å². The molecular formula is C15H24F3NO7S. The van der Waals surface area contributed by atoms with Crippen LogP contribution in [0.5, 0.6) is 0 Å². The van der Waals surface area contributed by atoms with Crippen LogP contribution in [0, 0.1) is 11.8 Å². The number of alkyl halides is 3. The van der Waals surface area contributed by atoms with Crippen molar-refractivity contribution in [2.45, 2.75) is 51.3 Å². The lowest BCUT2D eigenvalue weighted by Crippen LogP contribution is -2.51. The van der Waals surface area contributed by atoms with Crippen molar-refractivity contribution in [3.8, 4) is 0 Å². The molecule has 1 saturated heterocycles. The summed E-state index contributed by atoms with van der Waals surface area (Å²) in [6.07, 6.45) is -2.18. The number of ether oxygens (including phenoxy) is 2. The summed E-state index contributed by atoms with van der Waals surface area (Å²) < 4.78 is 74.4. The fourth-order valence-corrected chi connectivity index (χ4v) is 3.37. The third-order valence-electron chi connectivity index (χ3n) is 3.98. The van der Waals surface area contributed by atoms with Crippen molar-refractivity contribution < 1.29 is 44.8 Å². The van der Waals surface area contributed by atoms with Gasteiger partial charge in [-0.1, -0.05) is 0 Å². The highest BCUT2D eigenvalue weighted by atomic mass is 32.2. The lowest BCUT2D eigenvalue weighted by molar-refractivity contribution is -0.151. The Bertz CT molecular complexity index is 657. The largest absolute Gasteiger partial charge is 0.523 e. The Morgan fingerprint density at radius 2 is 1.74 bits per heavy atom. The summed E-state index contributed by atoms with van der Waals surface area (Å²) in [4.78, 5) is 25.4. The number of likely N-dealkylation sites (tertiary alicyclic amines) is 1. The Morgan fingerprint density at radius 3 is 2.19 bits per heavy atom. The third-order valence-corrected chi connectivity index (χ3v) is 5.10. The van der Waals surface area contributed by atoms with Crippen LogP contribution in [-0.4, -0.2) is 62.8 Å². The van der Waals surface area contributed by atoms with Gasteiger partial charge in [-0.25, -0.2) is 4.79 Å². The Morgan fingerprint density at radius 1 is 1.19 bits per heavy atom. The maximum absolute atomic E-state index is 12.6. The zero-order valence-electron chi connectivity index (χ0n) is 15.7. The van der Waals surface area contributed by atoms with Crippen molar-refractivity contribution >= 4 is 22.2 Å². The molecule has 0 radical (unpaired) electrons. The lowest BCUT2D eigenvalue weighted by atomic mass is 9.82. The molecule has 8 nitrogen and oxygen atoms in total. The topological polar surface area (TPSA) is 99.2 Å². The van der Waals surface area contributed by atoms with Gasteiger partial charge >= 0.3 is 27.7 Å². The highest BCUT2D eigenvalue weighted by Crippen LogP contribution is 2.33. The van der Waals surface area contributed by atoms with Crippen LogP contribution in [-0.2, 0) is 28.6 Å². The van der Waals surface area contributed by atoms with Crippen LogP contribution in [0.2, 0.25) is 0 Å². The molecule has 1 fully saturated rings. The van der Waals surface area contributed by atoms with Crippen LogP contribution in [0.3, 0.4) is 0 Å². The number of nitrogens with zero attached hydrogens (tertiary/aromatic N) is 1. The molecule has 0 aliphatic carbocycles. The second-order valence-corrected chi connectivity index (χ2v) is 8.77. The monoisotopic (exact) mass is 419 g/mol. The quantitative estimate of drug-likeness (QED) is 0.392. The molecule has 1 heterocycles. The van der Waals surface area contributed by atoms with Crippen LogP contribution >= 0.6 is 0 Å². The average molecular weight is 419 g/mol. The van der Waals surface area contributed by atoms with Gasteiger partial charge in [0, 0.05) is 19.0 Å². The highest BCUT2D eigenvalue weighted by molar-refractivity contribution is 7.87. The Balaban J connectivity index is 3.03. The highest BCUT2D eigenvalue weighted by Gasteiger charge is 2.50. The second-order valence-electron chi connectivity index (χ2n) is 7.21. The van der Waals surface area contributed by atoms with E-state index >= 15 is 0 Å². The van der Waals surface area contributed by atoms with E-state index in [1.54, 1.807) is 20.8 Å². The number of hydrogen-bond acceptors (Lipinski definition) is 7. The predicted octanol–water partition coefficient (Wildman–Crippen LogP) is 2.29. The summed E-state index contributed by atoms with van der Waals surface area (Å²) in [5.74, 6) is -2.67. The molecule has 0 aromatic heterocycles. The minimum atomic E-state index is -5.86. The van der Waals surface area contributed by atoms with Crippen LogP contribution < -0.4 is 0 Å². The zero-order valence-corrected chi connectivity index (χ0v) is 16.5. The van der Waals surface area contributed by atoms with Crippen molar-refractivity contribution in [2.75, 3.05) is 20.2 Å². The van der Waals surface area contributed by atoms with Gasteiger partial charge in [0.2, 0.25) is 0 Å². The molecule has 0 N–H and O–H groups in total. The number of piperidine rings is 1. The van der Waals surface area contributed by atoms with Crippen LogP contribution in [0.25, 0.3) is 0 Å². The van der Waals surface area contributed by atoms with Gasteiger partial charge in [-0.3, -0.25) is 8.98 Å². The van der Waals surface area contributed by atoms with Crippen molar-refractivity contribution in [3.63, 3.8) is 0 Å². The van der Waals surface area contributed by atoms with Crippen molar-refractivity contribution in [1.29, 1.82) is 0 Å². The fraction of sp³-hybridized carbons (Fsp3) is 0.867. The van der Waals surface area contributed by atoms with E-state index in [9.17, 15) is 31.2 Å². The van der Waals surface area contributed by atoms with Gasteiger partial charge in [0.15, 0.2) is 0 Å². The first-order chi connectivity index (χ1) is 12.1. The van der Waals surface area contributed by atoms with Crippen molar-refractivity contribution in [3.05, 3.63) is 0 Å². The number of rotatable bonds is 4. The maximum Gasteiger partial charge on any atom is 0.523 e. The molecule has 0 spiro atoms. The molecule has 158 valence electrons. The molecule has 0 aromatic carbocycles. The van der Waals surface area contributed by atoms with Gasteiger partial charge in [-0.15, -0.1) is 0 Å². The molecule has 1 aliphatic heterocycles. The van der Waals surface area contributed by atoms with E-state index < -0.39 is 51.2 Å². The van der Waals surface area contributed by atoms with E-state index in [2.05, 4.69) is 8.92 Å². The van der Waals surface area contributed by atoms with E-state index in [1.165, 1.54) is 4.90 Å². The van der Waals surface area contributed by atoms with Gasteiger partial charge in [-0.05, 0) is 34.1 Å². The summed E-state index contributed by atoms with van der Waals surface area (Å²) in [7, 11) is -4.75. The predicted molar refractivity (Wildman–Crippen MR) is 86.9 cm³/mol. The normalized spacial score (nSPS) is 22.9. The van der Waals surface area contributed by atoms with Gasteiger partial charge in [0.05, 0.1) is 19.1 Å². The van der Waals surface area contributed by atoms with E-state index in [0.29, 0.717) is 0 Å². The van der Waals surface area contributed by atoms with E-state index in [4.69, 9.17) is 4.74 Å². The van der Waals surface area contributed by atoms with Crippen LogP contribution in [0.15, 0.2) is 0 Å². The Labute approximate surface area is 156 Å². The summed E-state index contributed by atoms with van der Waals surface area (Å²) in [5.41, 5.74) is -6.39. The number of methoxy groups -OCH3 is 1. The first kappa shape index (κ1) is 23.5. The molecule has 3 atom stereocenters. The summed E-state index contributed by atoms with van der Waals surface area (Å²) in [5, 5.41) is 0. The smallest absolute Gasteiger partial charge is 0.469 e. The molecule has 3 unspecified atom stereocenters. The number of halogens is 3. The summed E-state index contributed by atoms with van der Waals surface area (Å²) in [6, 6.07) is 0. The molecule has 0 bridgehead atoms. The lowest BCUT2D eigenvalue weighted by Gasteiger charge is -2.39. The molecule has 1 amide bonds. The van der Waals surface area contributed by atoms with E-state index in [1.807, 2.05) is 0 Å². The molecule has 12 heteroatoms. The summed E-state index contributed by atoms with van der Waals surface area (Å²) in [6.45, 7) is 5.91. The SMILES string of the molecule is COC(=O)C1CCN(C(=O)OC(C)(C)C)CC1C(C)OS(=O)(=O)C(F)(F)F.